The zero-order chi connectivity index (χ0) is 17.2. The predicted molar refractivity (Wildman–Crippen MR) is 95.0 cm³/mol. The van der Waals surface area contributed by atoms with E-state index in [9.17, 15) is 9.13 Å². The van der Waals surface area contributed by atoms with Crippen LogP contribution in [0.2, 0.25) is 0 Å². The maximum absolute atomic E-state index is 11.4. The molecule has 0 heterocycles. The fourth-order valence-corrected chi connectivity index (χ4v) is 3.51. The van der Waals surface area contributed by atoms with E-state index in [1.165, 1.54) is 51.4 Å². The molecule has 0 amide bonds. The molecule has 24 heavy (non-hydrogen) atoms. The third kappa shape index (κ3) is 20.7. The first-order valence-corrected chi connectivity index (χ1v) is 11.3. The molecule has 0 N–H and O–H groups in total. The van der Waals surface area contributed by atoms with Gasteiger partial charge < -0.3 is 0 Å². The zero-order valence-corrected chi connectivity index (χ0v) is 20.3. The Balaban J connectivity index is 0. The Morgan fingerprint density at radius 1 is 0.583 bits per heavy atom. The molecule has 0 aliphatic rings. The molecule has 0 bridgehead atoms. The SMILES string of the molecule is CCCCCCCCO[P+](=O)O[P+](=O)OCCCCCCCC.[Zn]. The second-order valence-electron chi connectivity index (χ2n) is 5.73. The maximum Gasteiger partial charge on any atom is 0.747 e. The van der Waals surface area contributed by atoms with Crippen molar-refractivity contribution in [3.05, 3.63) is 0 Å². The molecule has 0 radical (unpaired) electrons. The Hall–Kier alpha value is 0.703. The fourth-order valence-electron chi connectivity index (χ4n) is 2.14. The normalized spacial score (nSPS) is 11.9. The van der Waals surface area contributed by atoms with Crippen molar-refractivity contribution in [2.45, 2.75) is 90.9 Å². The molecule has 0 rings (SSSR count). The van der Waals surface area contributed by atoms with E-state index in [0.29, 0.717) is 13.2 Å². The van der Waals surface area contributed by atoms with Gasteiger partial charge in [0.15, 0.2) is 4.31 Å². The number of rotatable bonds is 18. The van der Waals surface area contributed by atoms with Gasteiger partial charge in [0.25, 0.3) is 0 Å². The third-order valence-corrected chi connectivity index (χ3v) is 5.38. The average Bonchev–Trinajstić information content (AvgIpc) is 2.53. The van der Waals surface area contributed by atoms with Crippen LogP contribution < -0.4 is 0 Å². The van der Waals surface area contributed by atoms with Gasteiger partial charge in [-0.15, -0.1) is 9.05 Å². The molecule has 0 aliphatic heterocycles. The van der Waals surface area contributed by atoms with Crippen molar-refractivity contribution in [1.82, 2.24) is 0 Å². The standard InChI is InChI=1S/C16H34O5P2.Zn/c1-3-5-7-9-11-13-15-19-22(17)21-23(18)20-16-14-12-10-8-6-4-2;/h3-16H2,1-2H3;/q+2;. The van der Waals surface area contributed by atoms with Crippen LogP contribution in [0.25, 0.3) is 0 Å². The zero-order valence-electron chi connectivity index (χ0n) is 15.5. The number of hydrogen-bond acceptors (Lipinski definition) is 5. The summed E-state index contributed by atoms with van der Waals surface area (Å²) in [7, 11) is -4.68. The Morgan fingerprint density at radius 2 is 0.917 bits per heavy atom. The smallest absolute Gasteiger partial charge is 0.116 e. The van der Waals surface area contributed by atoms with Crippen LogP contribution in [0.15, 0.2) is 0 Å². The van der Waals surface area contributed by atoms with Crippen LogP contribution >= 0.6 is 16.5 Å². The summed E-state index contributed by atoms with van der Waals surface area (Å²) in [6.45, 7) is 5.12. The van der Waals surface area contributed by atoms with Crippen LogP contribution in [-0.2, 0) is 42.0 Å². The van der Waals surface area contributed by atoms with Gasteiger partial charge in [-0.25, -0.2) is 0 Å². The molecule has 2 unspecified atom stereocenters. The molecular weight excluding hydrogens is 400 g/mol. The van der Waals surface area contributed by atoms with Crippen molar-refractivity contribution < 1.29 is 42.0 Å². The van der Waals surface area contributed by atoms with Gasteiger partial charge >= 0.3 is 16.5 Å². The van der Waals surface area contributed by atoms with E-state index in [0.717, 1.165) is 25.7 Å². The van der Waals surface area contributed by atoms with Gasteiger partial charge in [0.1, 0.15) is 13.2 Å². The van der Waals surface area contributed by atoms with Crippen molar-refractivity contribution in [1.29, 1.82) is 0 Å². The summed E-state index contributed by atoms with van der Waals surface area (Å²) in [5.74, 6) is 0. The van der Waals surface area contributed by atoms with Crippen LogP contribution in [0.5, 0.6) is 0 Å². The summed E-state index contributed by atoms with van der Waals surface area (Å²) in [5.41, 5.74) is 0. The molecular formula is C16H34O5P2Zn+2. The molecule has 0 aromatic heterocycles. The minimum atomic E-state index is -2.34. The summed E-state index contributed by atoms with van der Waals surface area (Å²) in [6, 6.07) is 0. The van der Waals surface area contributed by atoms with Gasteiger partial charge in [-0.1, -0.05) is 78.1 Å². The van der Waals surface area contributed by atoms with Gasteiger partial charge in [0.05, 0.1) is 0 Å². The van der Waals surface area contributed by atoms with Crippen LogP contribution in [0.4, 0.5) is 0 Å². The molecule has 5 nitrogen and oxygen atoms in total. The first kappa shape index (κ1) is 26.9. The van der Waals surface area contributed by atoms with E-state index in [2.05, 4.69) is 13.8 Å². The second kappa shape index (κ2) is 21.7. The van der Waals surface area contributed by atoms with E-state index in [4.69, 9.17) is 13.4 Å². The largest absolute Gasteiger partial charge is 0.747 e. The molecule has 138 valence electrons. The van der Waals surface area contributed by atoms with Crippen molar-refractivity contribution in [2.24, 2.45) is 0 Å². The summed E-state index contributed by atoms with van der Waals surface area (Å²) in [4.78, 5) is 0. The van der Waals surface area contributed by atoms with Gasteiger partial charge in [0.2, 0.25) is 0 Å². The van der Waals surface area contributed by atoms with E-state index in [-0.39, 0.29) is 19.5 Å². The molecule has 0 saturated carbocycles. The van der Waals surface area contributed by atoms with Crippen molar-refractivity contribution in [2.75, 3.05) is 13.2 Å². The Morgan fingerprint density at radius 3 is 1.29 bits per heavy atom. The monoisotopic (exact) mass is 432 g/mol. The van der Waals surface area contributed by atoms with Gasteiger partial charge in [0, 0.05) is 28.6 Å². The van der Waals surface area contributed by atoms with E-state index < -0.39 is 16.5 Å². The third-order valence-electron chi connectivity index (χ3n) is 3.52. The maximum atomic E-state index is 11.4. The molecule has 8 heteroatoms. The molecule has 0 fully saturated rings. The Bertz CT molecular complexity index is 278. The number of hydrogen-bond donors (Lipinski definition) is 0. The Labute approximate surface area is 162 Å². The van der Waals surface area contributed by atoms with Crippen molar-refractivity contribution in [3.8, 4) is 0 Å². The molecule has 0 saturated heterocycles. The van der Waals surface area contributed by atoms with Crippen LogP contribution in [0.3, 0.4) is 0 Å². The number of unbranched alkanes of at least 4 members (excludes halogenated alkanes) is 10. The summed E-state index contributed by atoms with van der Waals surface area (Å²) < 4.78 is 37.6. The first-order chi connectivity index (χ1) is 11.2. The van der Waals surface area contributed by atoms with Gasteiger partial charge in [-0.3, -0.25) is 0 Å². The first-order valence-electron chi connectivity index (χ1n) is 9.09. The minimum Gasteiger partial charge on any atom is -0.116 e. The molecule has 0 aliphatic carbocycles. The second-order valence-corrected chi connectivity index (χ2v) is 7.79. The topological polar surface area (TPSA) is 61.8 Å². The summed E-state index contributed by atoms with van der Waals surface area (Å²) in [6.07, 6.45) is 13.6. The molecule has 0 aromatic carbocycles. The summed E-state index contributed by atoms with van der Waals surface area (Å²) in [5, 5.41) is 0. The van der Waals surface area contributed by atoms with Gasteiger partial charge in [-0.2, -0.15) is 0 Å². The summed E-state index contributed by atoms with van der Waals surface area (Å²) >= 11 is 0. The fraction of sp³-hybridized carbons (Fsp3) is 1.00. The van der Waals surface area contributed by atoms with E-state index in [1.54, 1.807) is 0 Å². The van der Waals surface area contributed by atoms with Crippen molar-refractivity contribution in [3.63, 3.8) is 0 Å². The van der Waals surface area contributed by atoms with Crippen molar-refractivity contribution >= 4 is 16.5 Å². The van der Waals surface area contributed by atoms with Crippen LogP contribution in [-0.4, -0.2) is 13.2 Å². The minimum absolute atomic E-state index is 0. The molecule has 0 aromatic rings. The predicted octanol–water partition coefficient (Wildman–Crippen LogP) is 7.07. The quantitative estimate of drug-likeness (QED) is 0.131. The Kier molecular flexibility index (Phi) is 24.4. The average molecular weight is 434 g/mol. The van der Waals surface area contributed by atoms with Crippen LogP contribution in [0.1, 0.15) is 90.9 Å². The van der Waals surface area contributed by atoms with Crippen LogP contribution in [0, 0.1) is 0 Å². The molecule has 2 atom stereocenters. The molecule has 0 spiro atoms. The van der Waals surface area contributed by atoms with E-state index in [1.807, 2.05) is 0 Å². The van der Waals surface area contributed by atoms with Gasteiger partial charge in [-0.05, 0) is 12.8 Å². The van der Waals surface area contributed by atoms with E-state index >= 15 is 0 Å².